The van der Waals surface area contributed by atoms with Crippen molar-refractivity contribution in [2.75, 3.05) is 13.1 Å². The van der Waals surface area contributed by atoms with E-state index >= 15 is 0 Å². The van der Waals surface area contributed by atoms with Crippen LogP contribution in [-0.2, 0) is 11.2 Å². The number of para-hydroxylation sites is 2. The van der Waals surface area contributed by atoms with Crippen LogP contribution in [0.3, 0.4) is 0 Å². The molecule has 130 valence electrons. The maximum atomic E-state index is 11.8. The van der Waals surface area contributed by atoms with Crippen LogP contribution in [0.5, 0.6) is 0 Å². The van der Waals surface area contributed by atoms with Crippen molar-refractivity contribution in [2.24, 2.45) is 0 Å². The second-order valence-corrected chi connectivity index (χ2v) is 6.45. The van der Waals surface area contributed by atoms with Crippen molar-refractivity contribution in [3.63, 3.8) is 0 Å². The fourth-order valence-corrected chi connectivity index (χ4v) is 3.12. The Hall–Kier alpha value is -2.67. The number of imidazole rings is 1. The maximum Gasteiger partial charge on any atom is 0.252 e. The Balaban J connectivity index is 1.30. The monoisotopic (exact) mass is 356 g/mol. The van der Waals surface area contributed by atoms with Gasteiger partial charge in [0, 0.05) is 36.9 Å². The summed E-state index contributed by atoms with van der Waals surface area (Å²) in [5, 5.41) is 9.24. The molecular weight excluding hydrogens is 336 g/mol. The number of hydrogen-bond donors (Lipinski definition) is 3. The molecule has 0 saturated carbocycles. The van der Waals surface area contributed by atoms with Gasteiger partial charge in [-0.05, 0) is 30.0 Å². The average Bonchev–Trinajstić information content (AvgIpc) is 3.27. The minimum absolute atomic E-state index is 0.0600. The van der Waals surface area contributed by atoms with E-state index in [-0.39, 0.29) is 18.2 Å². The van der Waals surface area contributed by atoms with Crippen molar-refractivity contribution < 1.29 is 9.59 Å². The first-order chi connectivity index (χ1) is 12.2. The fraction of sp³-hybridized carbons (Fsp3) is 0.278. The van der Waals surface area contributed by atoms with Gasteiger partial charge in [0.05, 0.1) is 11.0 Å². The van der Waals surface area contributed by atoms with Crippen LogP contribution in [0.4, 0.5) is 0 Å². The Labute approximate surface area is 149 Å². The van der Waals surface area contributed by atoms with E-state index in [1.54, 1.807) is 11.4 Å². The molecule has 1 aromatic carbocycles. The number of amides is 2. The lowest BCUT2D eigenvalue weighted by atomic mass is 10.3. The van der Waals surface area contributed by atoms with Crippen LogP contribution in [0.2, 0.25) is 0 Å². The number of H-pyrrole nitrogens is 1. The minimum Gasteiger partial charge on any atom is -0.356 e. The van der Waals surface area contributed by atoms with Crippen LogP contribution >= 0.6 is 11.3 Å². The van der Waals surface area contributed by atoms with Crippen molar-refractivity contribution in [1.82, 2.24) is 20.6 Å². The fourth-order valence-electron chi connectivity index (χ4n) is 2.48. The van der Waals surface area contributed by atoms with E-state index < -0.39 is 0 Å². The van der Waals surface area contributed by atoms with Gasteiger partial charge < -0.3 is 15.6 Å². The molecule has 0 unspecified atom stereocenters. The average molecular weight is 356 g/mol. The number of nitrogens with one attached hydrogen (secondary N) is 3. The highest BCUT2D eigenvalue weighted by Crippen LogP contribution is 2.11. The first kappa shape index (κ1) is 17.2. The molecule has 3 N–H and O–H groups in total. The molecule has 2 amide bonds. The lowest BCUT2D eigenvalue weighted by molar-refractivity contribution is -0.120. The third-order valence-electron chi connectivity index (χ3n) is 3.77. The van der Waals surface area contributed by atoms with Gasteiger partial charge in [-0.1, -0.05) is 12.1 Å². The molecule has 2 aromatic heterocycles. The lowest BCUT2D eigenvalue weighted by Gasteiger charge is -2.05. The zero-order valence-electron chi connectivity index (χ0n) is 13.7. The molecule has 0 bridgehead atoms. The molecule has 0 spiro atoms. The highest BCUT2D eigenvalue weighted by atomic mass is 32.1. The highest BCUT2D eigenvalue weighted by molar-refractivity contribution is 7.08. The van der Waals surface area contributed by atoms with Crippen LogP contribution in [0.15, 0.2) is 41.1 Å². The van der Waals surface area contributed by atoms with Crippen molar-refractivity contribution >= 4 is 34.2 Å². The number of nitrogens with zero attached hydrogens (tertiary/aromatic N) is 1. The number of thiophene rings is 1. The van der Waals surface area contributed by atoms with E-state index in [0.29, 0.717) is 18.7 Å². The molecular formula is C18H20N4O2S. The van der Waals surface area contributed by atoms with E-state index in [1.807, 2.05) is 29.6 Å². The number of aromatic nitrogens is 2. The Morgan fingerprint density at radius 3 is 2.80 bits per heavy atom. The van der Waals surface area contributed by atoms with E-state index in [9.17, 15) is 9.59 Å². The standard InChI is InChI=1S/C18H20N4O2S/c23-17(7-10-20-18(24)13-8-11-25-12-13)19-9-3-6-16-21-14-4-1-2-5-15(14)22-16/h1-2,4-5,8,11-12H,3,6-7,9-10H2,(H,19,23)(H,20,24)(H,21,22). The van der Waals surface area contributed by atoms with E-state index in [2.05, 4.69) is 20.6 Å². The predicted octanol–water partition coefficient (Wildman–Crippen LogP) is 2.49. The van der Waals surface area contributed by atoms with Gasteiger partial charge in [0.1, 0.15) is 5.82 Å². The second-order valence-electron chi connectivity index (χ2n) is 5.67. The van der Waals surface area contributed by atoms with Gasteiger partial charge in [0.2, 0.25) is 5.91 Å². The lowest BCUT2D eigenvalue weighted by Crippen LogP contribution is -2.31. The Morgan fingerprint density at radius 1 is 1.12 bits per heavy atom. The summed E-state index contributed by atoms with van der Waals surface area (Å²) in [4.78, 5) is 31.3. The van der Waals surface area contributed by atoms with Gasteiger partial charge in [0.25, 0.3) is 5.91 Å². The number of rotatable bonds is 8. The van der Waals surface area contributed by atoms with Crippen LogP contribution in [0.1, 0.15) is 29.0 Å². The van der Waals surface area contributed by atoms with Gasteiger partial charge >= 0.3 is 0 Å². The summed E-state index contributed by atoms with van der Waals surface area (Å²) in [7, 11) is 0. The Morgan fingerprint density at radius 2 is 2.00 bits per heavy atom. The molecule has 0 fully saturated rings. The van der Waals surface area contributed by atoms with Crippen LogP contribution in [-0.4, -0.2) is 34.9 Å². The summed E-state index contributed by atoms with van der Waals surface area (Å²) in [5.41, 5.74) is 2.63. The first-order valence-electron chi connectivity index (χ1n) is 8.23. The summed E-state index contributed by atoms with van der Waals surface area (Å²) in [6, 6.07) is 9.67. The number of aromatic amines is 1. The molecule has 0 radical (unpaired) electrons. The topological polar surface area (TPSA) is 86.9 Å². The number of aryl methyl sites for hydroxylation is 1. The molecule has 6 nitrogen and oxygen atoms in total. The van der Waals surface area contributed by atoms with E-state index in [1.165, 1.54) is 11.3 Å². The molecule has 0 saturated heterocycles. The number of hydrogen-bond acceptors (Lipinski definition) is 4. The van der Waals surface area contributed by atoms with Gasteiger partial charge in [-0.2, -0.15) is 11.3 Å². The zero-order valence-corrected chi connectivity index (χ0v) is 14.6. The highest BCUT2D eigenvalue weighted by Gasteiger charge is 2.07. The molecule has 2 heterocycles. The van der Waals surface area contributed by atoms with Crippen LogP contribution in [0.25, 0.3) is 11.0 Å². The van der Waals surface area contributed by atoms with Gasteiger partial charge in [-0.25, -0.2) is 4.98 Å². The Bertz CT molecular complexity index is 809. The van der Waals surface area contributed by atoms with Crippen molar-refractivity contribution in [3.8, 4) is 0 Å². The van der Waals surface area contributed by atoms with E-state index in [0.717, 1.165) is 29.7 Å². The summed E-state index contributed by atoms with van der Waals surface area (Å²) in [5.74, 6) is 0.729. The first-order valence-corrected chi connectivity index (χ1v) is 9.17. The molecule has 0 atom stereocenters. The smallest absolute Gasteiger partial charge is 0.252 e. The molecule has 0 aliphatic carbocycles. The molecule has 3 aromatic rings. The van der Waals surface area contributed by atoms with Gasteiger partial charge in [-0.3, -0.25) is 9.59 Å². The molecule has 0 aliphatic heterocycles. The van der Waals surface area contributed by atoms with Crippen molar-refractivity contribution in [2.45, 2.75) is 19.3 Å². The molecule has 0 aliphatic rings. The zero-order chi connectivity index (χ0) is 17.5. The SMILES string of the molecule is O=C(CCNC(=O)c1ccsc1)NCCCc1nc2ccccc2[nH]1. The summed E-state index contributed by atoms with van der Waals surface area (Å²) >= 11 is 1.47. The Kier molecular flexibility index (Phi) is 5.79. The summed E-state index contributed by atoms with van der Waals surface area (Å²) in [6.07, 6.45) is 1.87. The third kappa shape index (κ3) is 4.90. The third-order valence-corrected chi connectivity index (χ3v) is 4.46. The number of carbonyl (C=O) groups is 2. The molecule has 25 heavy (non-hydrogen) atoms. The van der Waals surface area contributed by atoms with Crippen LogP contribution < -0.4 is 10.6 Å². The molecule has 7 heteroatoms. The summed E-state index contributed by atoms with van der Waals surface area (Å²) in [6.45, 7) is 0.929. The largest absolute Gasteiger partial charge is 0.356 e. The molecule has 3 rings (SSSR count). The minimum atomic E-state index is -0.140. The predicted molar refractivity (Wildman–Crippen MR) is 98.7 cm³/mol. The second kappa shape index (κ2) is 8.43. The van der Waals surface area contributed by atoms with E-state index in [4.69, 9.17) is 0 Å². The van der Waals surface area contributed by atoms with Crippen molar-refractivity contribution in [1.29, 1.82) is 0 Å². The maximum absolute atomic E-state index is 11.8. The van der Waals surface area contributed by atoms with Gasteiger partial charge in [-0.15, -0.1) is 0 Å². The summed E-state index contributed by atoms with van der Waals surface area (Å²) < 4.78 is 0. The van der Waals surface area contributed by atoms with Gasteiger partial charge in [0.15, 0.2) is 0 Å². The van der Waals surface area contributed by atoms with Crippen molar-refractivity contribution in [3.05, 3.63) is 52.5 Å². The number of fused-ring (bicyclic) bond motifs is 1. The number of carbonyl (C=O) groups excluding carboxylic acids is 2. The van der Waals surface area contributed by atoms with Crippen LogP contribution in [0, 0.1) is 0 Å². The quantitative estimate of drug-likeness (QED) is 0.542. The number of benzene rings is 1. The normalized spacial score (nSPS) is 10.7.